The fourth-order valence-electron chi connectivity index (χ4n) is 2.80. The van der Waals surface area contributed by atoms with Gasteiger partial charge in [-0.1, -0.05) is 15.9 Å². The van der Waals surface area contributed by atoms with E-state index in [1.54, 1.807) is 18.2 Å². The van der Waals surface area contributed by atoms with Gasteiger partial charge in [-0.2, -0.15) is 5.26 Å². The van der Waals surface area contributed by atoms with E-state index in [9.17, 15) is 10.4 Å². The molecule has 0 radical (unpaired) electrons. The highest BCUT2D eigenvalue weighted by atomic mass is 79.9. The molecule has 2 heterocycles. The van der Waals surface area contributed by atoms with Gasteiger partial charge in [-0.25, -0.2) is 9.97 Å². The van der Waals surface area contributed by atoms with Crippen molar-refractivity contribution in [3.63, 3.8) is 0 Å². The maximum absolute atomic E-state index is 10.1. The van der Waals surface area contributed by atoms with Crippen molar-refractivity contribution in [1.82, 2.24) is 15.3 Å². The Labute approximate surface area is 142 Å². The molecular formula is C16H16BrN5O. The Balaban J connectivity index is 2.14. The highest BCUT2D eigenvalue weighted by molar-refractivity contribution is 9.10. The number of nitrogens with one attached hydrogen (secondary N) is 1. The van der Waals surface area contributed by atoms with Gasteiger partial charge in [0.05, 0.1) is 11.3 Å². The molecule has 1 aliphatic heterocycles. The van der Waals surface area contributed by atoms with E-state index in [0.717, 1.165) is 30.4 Å². The van der Waals surface area contributed by atoms with Crippen molar-refractivity contribution in [2.45, 2.75) is 18.8 Å². The van der Waals surface area contributed by atoms with E-state index in [4.69, 9.17) is 5.73 Å². The number of nitrogen functional groups attached to an aromatic ring is 1. The first-order valence-corrected chi connectivity index (χ1v) is 8.16. The molecule has 1 unspecified atom stereocenters. The Hall–Kier alpha value is -2.17. The van der Waals surface area contributed by atoms with Crippen LogP contribution in [0.4, 0.5) is 5.82 Å². The van der Waals surface area contributed by atoms with Crippen LogP contribution in [-0.4, -0.2) is 28.2 Å². The lowest BCUT2D eigenvalue weighted by Crippen LogP contribution is -2.29. The number of benzene rings is 1. The SMILES string of the molecule is N#Cc1c(N)nc(-c2cc(Br)ccc2O)nc1C1CCCNC1. The smallest absolute Gasteiger partial charge is 0.165 e. The topological polar surface area (TPSA) is 108 Å². The van der Waals surface area contributed by atoms with Crippen molar-refractivity contribution in [1.29, 1.82) is 5.26 Å². The van der Waals surface area contributed by atoms with Gasteiger partial charge in [0, 0.05) is 16.9 Å². The molecule has 6 nitrogen and oxygen atoms in total. The minimum absolute atomic E-state index is 0.0741. The maximum atomic E-state index is 10.1. The van der Waals surface area contributed by atoms with E-state index in [1.165, 1.54) is 0 Å². The fourth-order valence-corrected chi connectivity index (χ4v) is 3.16. The van der Waals surface area contributed by atoms with E-state index >= 15 is 0 Å². The lowest BCUT2D eigenvalue weighted by molar-refractivity contribution is 0.453. The summed E-state index contributed by atoms with van der Waals surface area (Å²) in [5.74, 6) is 0.681. The summed E-state index contributed by atoms with van der Waals surface area (Å²) in [7, 11) is 0. The molecule has 0 amide bonds. The molecule has 0 bridgehead atoms. The van der Waals surface area contributed by atoms with E-state index in [2.05, 4.69) is 37.3 Å². The van der Waals surface area contributed by atoms with Crippen LogP contribution in [0.1, 0.15) is 30.0 Å². The normalized spacial score (nSPS) is 17.7. The van der Waals surface area contributed by atoms with Crippen molar-refractivity contribution in [2.75, 3.05) is 18.8 Å². The number of hydrogen-bond donors (Lipinski definition) is 3. The quantitative estimate of drug-likeness (QED) is 0.746. The van der Waals surface area contributed by atoms with Crippen molar-refractivity contribution >= 4 is 21.7 Å². The summed E-state index contributed by atoms with van der Waals surface area (Å²) >= 11 is 3.38. The average molecular weight is 374 g/mol. The summed E-state index contributed by atoms with van der Waals surface area (Å²) < 4.78 is 0.803. The molecule has 1 aromatic heterocycles. The molecule has 1 saturated heterocycles. The van der Waals surface area contributed by atoms with E-state index < -0.39 is 0 Å². The van der Waals surface area contributed by atoms with Crippen molar-refractivity contribution in [3.05, 3.63) is 33.9 Å². The summed E-state index contributed by atoms with van der Waals surface area (Å²) in [4.78, 5) is 8.78. The second-order valence-corrected chi connectivity index (χ2v) is 6.42. The molecule has 1 fully saturated rings. The lowest BCUT2D eigenvalue weighted by atomic mass is 9.93. The number of rotatable bonds is 2. The monoisotopic (exact) mass is 373 g/mol. The molecule has 0 saturated carbocycles. The summed E-state index contributed by atoms with van der Waals surface area (Å²) in [6, 6.07) is 7.15. The third-order valence-electron chi connectivity index (χ3n) is 3.96. The summed E-state index contributed by atoms with van der Waals surface area (Å²) in [6.07, 6.45) is 1.97. The lowest BCUT2D eigenvalue weighted by Gasteiger charge is -2.23. The van der Waals surface area contributed by atoms with E-state index in [-0.39, 0.29) is 17.5 Å². The number of halogens is 1. The number of hydrogen-bond acceptors (Lipinski definition) is 6. The van der Waals surface area contributed by atoms with Crippen LogP contribution in [0.15, 0.2) is 22.7 Å². The Kier molecular flexibility index (Phi) is 4.46. The molecule has 3 rings (SSSR count). The van der Waals surface area contributed by atoms with Gasteiger partial charge in [0.2, 0.25) is 0 Å². The van der Waals surface area contributed by atoms with Crippen LogP contribution in [0, 0.1) is 11.3 Å². The van der Waals surface area contributed by atoms with Crippen LogP contribution in [-0.2, 0) is 0 Å². The van der Waals surface area contributed by atoms with Gasteiger partial charge in [-0.15, -0.1) is 0 Å². The zero-order valence-corrected chi connectivity index (χ0v) is 14.0. The van der Waals surface area contributed by atoms with Gasteiger partial charge >= 0.3 is 0 Å². The third kappa shape index (κ3) is 3.14. The number of aromatic nitrogens is 2. The van der Waals surface area contributed by atoms with Crippen molar-refractivity contribution in [2.24, 2.45) is 0 Å². The van der Waals surface area contributed by atoms with Gasteiger partial charge in [0.1, 0.15) is 23.2 Å². The molecule has 4 N–H and O–H groups in total. The van der Waals surface area contributed by atoms with Gasteiger partial charge in [0.15, 0.2) is 5.82 Å². The molecule has 7 heteroatoms. The number of nitrogens with two attached hydrogens (primary N) is 1. The first-order valence-electron chi connectivity index (χ1n) is 7.37. The minimum atomic E-state index is 0.0741. The Morgan fingerprint density at radius 2 is 2.22 bits per heavy atom. The van der Waals surface area contributed by atoms with Crippen molar-refractivity contribution < 1.29 is 5.11 Å². The Bertz CT molecular complexity index is 781. The van der Waals surface area contributed by atoms with Crippen LogP contribution in [0.25, 0.3) is 11.4 Å². The maximum Gasteiger partial charge on any atom is 0.165 e. The van der Waals surface area contributed by atoms with Gasteiger partial charge in [-0.05, 0) is 37.6 Å². The molecule has 0 aliphatic carbocycles. The number of nitriles is 1. The van der Waals surface area contributed by atoms with Crippen LogP contribution in [0.2, 0.25) is 0 Å². The molecule has 1 aliphatic rings. The third-order valence-corrected chi connectivity index (χ3v) is 4.45. The predicted octanol–water partition coefficient (Wildman–Crippen LogP) is 2.53. The number of piperidine rings is 1. The molecule has 118 valence electrons. The second-order valence-electron chi connectivity index (χ2n) is 5.51. The summed E-state index contributed by atoms with van der Waals surface area (Å²) in [5, 5.41) is 22.8. The van der Waals surface area contributed by atoms with Crippen molar-refractivity contribution in [3.8, 4) is 23.2 Å². The number of anilines is 1. The van der Waals surface area contributed by atoms with Crippen LogP contribution in [0.3, 0.4) is 0 Å². The Morgan fingerprint density at radius 3 is 2.91 bits per heavy atom. The fraction of sp³-hybridized carbons (Fsp3) is 0.312. The van der Waals surface area contributed by atoms with Crippen LogP contribution < -0.4 is 11.1 Å². The van der Waals surface area contributed by atoms with Gasteiger partial charge in [-0.3, -0.25) is 0 Å². The Morgan fingerprint density at radius 1 is 1.39 bits per heavy atom. The molecule has 0 spiro atoms. The average Bonchev–Trinajstić information content (AvgIpc) is 2.57. The minimum Gasteiger partial charge on any atom is -0.507 e. The molecule has 1 aromatic carbocycles. The first-order chi connectivity index (χ1) is 11.1. The largest absolute Gasteiger partial charge is 0.507 e. The summed E-state index contributed by atoms with van der Waals surface area (Å²) in [5.41, 5.74) is 7.45. The van der Waals surface area contributed by atoms with E-state index in [1.807, 2.05) is 0 Å². The highest BCUT2D eigenvalue weighted by Crippen LogP contribution is 2.33. The highest BCUT2D eigenvalue weighted by Gasteiger charge is 2.24. The molecule has 23 heavy (non-hydrogen) atoms. The second kappa shape index (κ2) is 6.52. The summed E-state index contributed by atoms with van der Waals surface area (Å²) in [6.45, 7) is 1.73. The van der Waals surface area contributed by atoms with Crippen LogP contribution >= 0.6 is 15.9 Å². The molecule has 2 aromatic rings. The predicted molar refractivity (Wildman–Crippen MR) is 90.8 cm³/mol. The molecule has 1 atom stereocenters. The number of nitrogens with zero attached hydrogens (tertiary/aromatic N) is 3. The zero-order chi connectivity index (χ0) is 16.4. The number of aromatic hydroxyl groups is 1. The standard InChI is InChI=1S/C16H16BrN5O/c17-10-3-4-13(23)11(6-10)16-21-14(9-2-1-5-20-8-9)12(7-18)15(19)22-16/h3-4,6,9,20,23H,1-2,5,8H2,(H2,19,21,22). The number of phenols is 1. The van der Waals surface area contributed by atoms with Gasteiger partial charge < -0.3 is 16.2 Å². The first kappa shape index (κ1) is 15.7. The van der Waals surface area contributed by atoms with E-state index in [0.29, 0.717) is 22.6 Å². The van der Waals surface area contributed by atoms with Crippen LogP contribution in [0.5, 0.6) is 5.75 Å². The number of phenolic OH excluding ortho intramolecular Hbond substituents is 1. The van der Waals surface area contributed by atoms with Gasteiger partial charge in [0.25, 0.3) is 0 Å². The zero-order valence-electron chi connectivity index (χ0n) is 12.4. The molecular weight excluding hydrogens is 358 g/mol.